The molecule has 0 aliphatic rings. The highest BCUT2D eigenvalue weighted by Crippen LogP contribution is 2.28. The van der Waals surface area contributed by atoms with E-state index in [9.17, 15) is 4.79 Å². The summed E-state index contributed by atoms with van der Waals surface area (Å²) in [5.41, 5.74) is 6.72. The van der Waals surface area contributed by atoms with Gasteiger partial charge in [0, 0.05) is 8.95 Å². The van der Waals surface area contributed by atoms with E-state index < -0.39 is 0 Å². The standard InChI is InChI=1S/C17H25Br2NO2/c1-2-3-4-5-6-7-8-9-10-22-17(21)14-11-13(18)12-15(19)16(14)20/h11-12H,2-10,20H2,1H3. The number of nitrogen functional groups attached to an aromatic ring is 1. The molecular weight excluding hydrogens is 410 g/mol. The lowest BCUT2D eigenvalue weighted by molar-refractivity contribution is 0.0499. The number of carbonyl (C=O) groups excluding carboxylic acids is 1. The first-order valence-corrected chi connectivity index (χ1v) is 9.56. The highest BCUT2D eigenvalue weighted by molar-refractivity contribution is 9.11. The number of nitrogens with two attached hydrogens (primary N) is 1. The van der Waals surface area contributed by atoms with E-state index >= 15 is 0 Å². The van der Waals surface area contributed by atoms with E-state index in [-0.39, 0.29) is 5.97 Å². The van der Waals surface area contributed by atoms with Crippen molar-refractivity contribution < 1.29 is 9.53 Å². The molecule has 0 saturated heterocycles. The molecule has 1 rings (SSSR count). The molecule has 0 atom stereocenters. The second-order valence-corrected chi connectivity index (χ2v) is 7.23. The Morgan fingerprint density at radius 1 is 1.05 bits per heavy atom. The molecule has 22 heavy (non-hydrogen) atoms. The van der Waals surface area contributed by atoms with Gasteiger partial charge < -0.3 is 10.5 Å². The molecule has 3 nitrogen and oxygen atoms in total. The van der Waals surface area contributed by atoms with Gasteiger partial charge >= 0.3 is 5.97 Å². The molecule has 1 aromatic carbocycles. The van der Waals surface area contributed by atoms with Crippen molar-refractivity contribution in [2.75, 3.05) is 12.3 Å². The van der Waals surface area contributed by atoms with Crippen LogP contribution in [-0.2, 0) is 4.74 Å². The van der Waals surface area contributed by atoms with E-state index in [0.717, 1.165) is 17.3 Å². The van der Waals surface area contributed by atoms with Gasteiger partial charge in [0.25, 0.3) is 0 Å². The van der Waals surface area contributed by atoms with Crippen LogP contribution in [-0.4, -0.2) is 12.6 Å². The number of hydrogen-bond acceptors (Lipinski definition) is 3. The van der Waals surface area contributed by atoms with Gasteiger partial charge in [-0.05, 0) is 34.5 Å². The molecule has 1 aromatic rings. The van der Waals surface area contributed by atoms with Gasteiger partial charge in [-0.1, -0.05) is 67.8 Å². The van der Waals surface area contributed by atoms with Crippen LogP contribution in [0.25, 0.3) is 0 Å². The zero-order valence-corrected chi connectivity index (χ0v) is 16.3. The Labute approximate surface area is 150 Å². The molecule has 0 radical (unpaired) electrons. The third-order valence-corrected chi connectivity index (χ3v) is 4.66. The number of unbranched alkanes of at least 4 members (excludes halogenated alkanes) is 7. The molecule has 0 amide bonds. The molecule has 0 bridgehead atoms. The molecule has 2 N–H and O–H groups in total. The Morgan fingerprint density at radius 3 is 2.27 bits per heavy atom. The summed E-state index contributed by atoms with van der Waals surface area (Å²) in [7, 11) is 0. The summed E-state index contributed by atoms with van der Waals surface area (Å²) in [4.78, 5) is 12.0. The molecule has 5 heteroatoms. The average Bonchev–Trinajstić information content (AvgIpc) is 2.49. The summed E-state index contributed by atoms with van der Waals surface area (Å²) in [5.74, 6) is -0.359. The number of carbonyl (C=O) groups is 1. The first-order chi connectivity index (χ1) is 10.6. The van der Waals surface area contributed by atoms with E-state index in [4.69, 9.17) is 10.5 Å². The Morgan fingerprint density at radius 2 is 1.64 bits per heavy atom. The number of hydrogen-bond donors (Lipinski definition) is 1. The molecule has 0 aromatic heterocycles. The molecule has 0 aliphatic carbocycles. The molecule has 0 aliphatic heterocycles. The van der Waals surface area contributed by atoms with Gasteiger partial charge in [0.1, 0.15) is 0 Å². The first kappa shape index (κ1) is 19.5. The van der Waals surface area contributed by atoms with E-state index in [0.29, 0.717) is 22.3 Å². The minimum atomic E-state index is -0.359. The van der Waals surface area contributed by atoms with Crippen LogP contribution in [0.4, 0.5) is 5.69 Å². The summed E-state index contributed by atoms with van der Waals surface area (Å²) >= 11 is 6.68. The quantitative estimate of drug-likeness (QED) is 0.275. The minimum Gasteiger partial charge on any atom is -0.462 e. The fourth-order valence-electron chi connectivity index (χ4n) is 2.23. The molecule has 0 saturated carbocycles. The topological polar surface area (TPSA) is 52.3 Å². The number of rotatable bonds is 10. The largest absolute Gasteiger partial charge is 0.462 e. The molecule has 0 heterocycles. The Bertz CT molecular complexity index is 478. The second kappa shape index (κ2) is 11.1. The zero-order chi connectivity index (χ0) is 16.4. The van der Waals surface area contributed by atoms with Crippen LogP contribution >= 0.6 is 31.9 Å². The normalized spacial score (nSPS) is 10.7. The number of benzene rings is 1. The van der Waals surface area contributed by atoms with Gasteiger partial charge in [-0.2, -0.15) is 0 Å². The summed E-state index contributed by atoms with van der Waals surface area (Å²) in [6.07, 6.45) is 9.78. The maximum Gasteiger partial charge on any atom is 0.340 e. The number of esters is 1. The van der Waals surface area contributed by atoms with Crippen LogP contribution in [0.5, 0.6) is 0 Å². The van der Waals surface area contributed by atoms with Crippen LogP contribution in [0.1, 0.15) is 68.6 Å². The van der Waals surface area contributed by atoms with E-state index in [1.807, 2.05) is 6.07 Å². The fraction of sp³-hybridized carbons (Fsp3) is 0.588. The lowest BCUT2D eigenvalue weighted by atomic mass is 10.1. The lowest BCUT2D eigenvalue weighted by Gasteiger charge is -2.09. The molecular formula is C17H25Br2NO2. The number of halogens is 2. The van der Waals surface area contributed by atoms with Crippen molar-refractivity contribution in [3.05, 3.63) is 26.6 Å². The van der Waals surface area contributed by atoms with E-state index in [1.54, 1.807) is 6.07 Å². The van der Waals surface area contributed by atoms with E-state index in [1.165, 1.54) is 38.5 Å². The molecule has 0 fully saturated rings. The molecule has 0 unspecified atom stereocenters. The Hall–Kier alpha value is -0.550. The predicted molar refractivity (Wildman–Crippen MR) is 99.1 cm³/mol. The van der Waals surface area contributed by atoms with Crippen LogP contribution in [0.15, 0.2) is 21.1 Å². The predicted octanol–water partition coefficient (Wildman–Crippen LogP) is 6.09. The van der Waals surface area contributed by atoms with Crippen molar-refractivity contribution in [1.29, 1.82) is 0 Å². The summed E-state index contributed by atoms with van der Waals surface area (Å²) < 4.78 is 6.80. The van der Waals surface area contributed by atoms with Gasteiger partial charge in [0.15, 0.2) is 0 Å². The highest BCUT2D eigenvalue weighted by Gasteiger charge is 2.14. The molecule has 0 spiro atoms. The highest BCUT2D eigenvalue weighted by atomic mass is 79.9. The SMILES string of the molecule is CCCCCCCCCCOC(=O)c1cc(Br)cc(Br)c1N. The zero-order valence-electron chi connectivity index (χ0n) is 13.2. The smallest absolute Gasteiger partial charge is 0.340 e. The van der Waals surface area contributed by atoms with Gasteiger partial charge in [-0.3, -0.25) is 0 Å². The van der Waals surface area contributed by atoms with E-state index in [2.05, 4.69) is 38.8 Å². The summed E-state index contributed by atoms with van der Waals surface area (Å²) in [6, 6.07) is 3.50. The Balaban J connectivity index is 2.21. The van der Waals surface area contributed by atoms with Crippen LogP contribution in [0.2, 0.25) is 0 Å². The maximum atomic E-state index is 12.0. The lowest BCUT2D eigenvalue weighted by Crippen LogP contribution is -2.09. The van der Waals surface area contributed by atoms with Gasteiger partial charge in [-0.25, -0.2) is 4.79 Å². The van der Waals surface area contributed by atoms with Gasteiger partial charge in [0.05, 0.1) is 17.9 Å². The van der Waals surface area contributed by atoms with Crippen LogP contribution < -0.4 is 5.73 Å². The Kier molecular flexibility index (Phi) is 9.80. The van der Waals surface area contributed by atoms with Crippen LogP contribution in [0.3, 0.4) is 0 Å². The van der Waals surface area contributed by atoms with Crippen molar-refractivity contribution in [2.24, 2.45) is 0 Å². The molecule has 124 valence electrons. The minimum absolute atomic E-state index is 0.359. The number of anilines is 1. The summed E-state index contributed by atoms with van der Waals surface area (Å²) in [6.45, 7) is 2.68. The third kappa shape index (κ3) is 7.14. The van der Waals surface area contributed by atoms with Crippen molar-refractivity contribution in [1.82, 2.24) is 0 Å². The van der Waals surface area contributed by atoms with Crippen molar-refractivity contribution in [2.45, 2.75) is 58.3 Å². The fourth-order valence-corrected chi connectivity index (χ4v) is 3.46. The van der Waals surface area contributed by atoms with Gasteiger partial charge in [0.2, 0.25) is 0 Å². The van der Waals surface area contributed by atoms with Crippen molar-refractivity contribution in [3.8, 4) is 0 Å². The van der Waals surface area contributed by atoms with Crippen molar-refractivity contribution >= 4 is 43.5 Å². The van der Waals surface area contributed by atoms with Gasteiger partial charge in [-0.15, -0.1) is 0 Å². The van der Waals surface area contributed by atoms with Crippen LogP contribution in [0, 0.1) is 0 Å². The third-order valence-electron chi connectivity index (χ3n) is 3.55. The second-order valence-electron chi connectivity index (χ2n) is 5.46. The average molecular weight is 435 g/mol. The number of ether oxygens (including phenoxy) is 1. The summed E-state index contributed by atoms with van der Waals surface area (Å²) in [5, 5.41) is 0. The first-order valence-electron chi connectivity index (χ1n) is 7.98. The monoisotopic (exact) mass is 433 g/mol. The maximum absolute atomic E-state index is 12.0. The van der Waals surface area contributed by atoms with Crippen molar-refractivity contribution in [3.63, 3.8) is 0 Å².